The van der Waals surface area contributed by atoms with Crippen LogP contribution in [-0.4, -0.2) is 9.97 Å². The van der Waals surface area contributed by atoms with E-state index in [-0.39, 0.29) is 6.04 Å². The fraction of sp³-hybridized carbons (Fsp3) is 0.333. The van der Waals surface area contributed by atoms with Crippen LogP contribution in [0.25, 0.3) is 0 Å². The molecular weight excluding hydrogens is 164 g/mol. The van der Waals surface area contributed by atoms with E-state index in [0.29, 0.717) is 6.42 Å². The third-order valence-electron chi connectivity index (χ3n) is 1.67. The third-order valence-corrected chi connectivity index (χ3v) is 1.67. The van der Waals surface area contributed by atoms with E-state index in [0.717, 1.165) is 5.56 Å². The van der Waals surface area contributed by atoms with Crippen LogP contribution >= 0.6 is 0 Å². The van der Waals surface area contributed by atoms with E-state index in [1.165, 1.54) is 6.33 Å². The lowest BCUT2D eigenvalue weighted by atomic mass is 10.1. The van der Waals surface area contributed by atoms with Gasteiger partial charge in [0.05, 0.1) is 6.04 Å². The molecule has 1 aromatic rings. The van der Waals surface area contributed by atoms with Crippen molar-refractivity contribution in [3.63, 3.8) is 0 Å². The van der Waals surface area contributed by atoms with Gasteiger partial charge < -0.3 is 0 Å². The maximum absolute atomic E-state index is 5.37. The number of nitrogens with one attached hydrogen (secondary N) is 1. The van der Waals surface area contributed by atoms with Gasteiger partial charge in [0.2, 0.25) is 0 Å². The van der Waals surface area contributed by atoms with Crippen molar-refractivity contribution in [2.45, 2.75) is 19.4 Å². The normalized spacial score (nSPS) is 11.5. The Bertz CT molecular complexity index is 298. The topological polar surface area (TPSA) is 63.8 Å². The van der Waals surface area contributed by atoms with Crippen LogP contribution in [0.15, 0.2) is 18.7 Å². The molecule has 0 aromatic carbocycles. The van der Waals surface area contributed by atoms with Crippen LogP contribution in [0.3, 0.4) is 0 Å². The van der Waals surface area contributed by atoms with E-state index in [2.05, 4.69) is 27.2 Å². The first-order valence-corrected chi connectivity index (χ1v) is 3.99. The minimum Gasteiger partial charge on any atom is -0.271 e. The van der Waals surface area contributed by atoms with Gasteiger partial charge >= 0.3 is 0 Å². The number of nitrogens with two attached hydrogens (primary N) is 1. The number of aromatic nitrogens is 2. The number of hydrogen-bond donors (Lipinski definition) is 2. The first-order valence-electron chi connectivity index (χ1n) is 3.99. The molecular formula is C9H12N4. The molecule has 0 spiro atoms. The SMILES string of the molecule is CC#CCC(NN)c1cncnc1. The zero-order chi connectivity index (χ0) is 9.52. The first-order chi connectivity index (χ1) is 6.38. The standard InChI is InChI=1S/C9H12N4/c1-2-3-4-9(13-10)8-5-11-7-12-6-8/h5-7,9,13H,4,10H2,1H3. The average molecular weight is 176 g/mol. The molecule has 0 saturated carbocycles. The summed E-state index contributed by atoms with van der Waals surface area (Å²) in [4.78, 5) is 7.81. The summed E-state index contributed by atoms with van der Waals surface area (Å²) in [5.41, 5.74) is 3.62. The van der Waals surface area contributed by atoms with Crippen molar-refractivity contribution in [3.05, 3.63) is 24.3 Å². The van der Waals surface area contributed by atoms with Crippen molar-refractivity contribution >= 4 is 0 Å². The van der Waals surface area contributed by atoms with Gasteiger partial charge in [-0.25, -0.2) is 9.97 Å². The molecule has 4 heteroatoms. The molecule has 4 nitrogen and oxygen atoms in total. The predicted molar refractivity (Wildman–Crippen MR) is 50.2 cm³/mol. The Balaban J connectivity index is 2.70. The molecule has 3 N–H and O–H groups in total. The van der Waals surface area contributed by atoms with Gasteiger partial charge in [-0.3, -0.25) is 11.3 Å². The Labute approximate surface area is 77.6 Å². The van der Waals surface area contributed by atoms with Crippen molar-refractivity contribution in [2.24, 2.45) is 5.84 Å². The molecule has 13 heavy (non-hydrogen) atoms. The van der Waals surface area contributed by atoms with Crippen molar-refractivity contribution in [2.75, 3.05) is 0 Å². The highest BCUT2D eigenvalue weighted by Gasteiger charge is 2.07. The maximum Gasteiger partial charge on any atom is 0.115 e. The van der Waals surface area contributed by atoms with Gasteiger partial charge in [-0.15, -0.1) is 11.8 Å². The van der Waals surface area contributed by atoms with Crippen molar-refractivity contribution in [1.82, 2.24) is 15.4 Å². The van der Waals surface area contributed by atoms with Crippen LogP contribution < -0.4 is 11.3 Å². The van der Waals surface area contributed by atoms with Gasteiger partial charge in [0.1, 0.15) is 6.33 Å². The molecule has 1 atom stereocenters. The highest BCUT2D eigenvalue weighted by Crippen LogP contribution is 2.11. The van der Waals surface area contributed by atoms with Gasteiger partial charge in [-0.2, -0.15) is 0 Å². The summed E-state index contributed by atoms with van der Waals surface area (Å²) < 4.78 is 0. The number of hydrogen-bond acceptors (Lipinski definition) is 4. The van der Waals surface area contributed by atoms with E-state index in [4.69, 9.17) is 5.84 Å². The molecule has 0 aliphatic rings. The van der Waals surface area contributed by atoms with E-state index < -0.39 is 0 Å². The fourth-order valence-corrected chi connectivity index (χ4v) is 0.968. The van der Waals surface area contributed by atoms with Gasteiger partial charge in [0.15, 0.2) is 0 Å². The first kappa shape index (κ1) is 9.65. The number of hydrazine groups is 1. The molecule has 0 bridgehead atoms. The molecule has 0 saturated heterocycles. The molecule has 0 amide bonds. The minimum atomic E-state index is 0.00801. The van der Waals surface area contributed by atoms with Gasteiger partial charge in [-0.1, -0.05) is 0 Å². The van der Waals surface area contributed by atoms with Crippen LogP contribution in [0.1, 0.15) is 24.9 Å². The summed E-state index contributed by atoms with van der Waals surface area (Å²) in [5, 5.41) is 0. The number of nitrogens with zero attached hydrogens (tertiary/aromatic N) is 2. The summed E-state index contributed by atoms with van der Waals surface area (Å²) in [5.74, 6) is 11.1. The number of rotatable bonds is 3. The van der Waals surface area contributed by atoms with Crippen LogP contribution in [0.2, 0.25) is 0 Å². The van der Waals surface area contributed by atoms with Gasteiger partial charge in [0.25, 0.3) is 0 Å². The summed E-state index contributed by atoms with van der Waals surface area (Å²) in [6.07, 6.45) is 5.62. The van der Waals surface area contributed by atoms with E-state index >= 15 is 0 Å². The van der Waals surface area contributed by atoms with Crippen LogP contribution in [-0.2, 0) is 0 Å². The third kappa shape index (κ3) is 2.82. The predicted octanol–water partition coefficient (Wildman–Crippen LogP) is 0.394. The maximum atomic E-state index is 5.37. The zero-order valence-corrected chi connectivity index (χ0v) is 7.49. The minimum absolute atomic E-state index is 0.00801. The summed E-state index contributed by atoms with van der Waals surface area (Å²) >= 11 is 0. The quantitative estimate of drug-likeness (QED) is 0.397. The van der Waals surface area contributed by atoms with Crippen LogP contribution in [0.4, 0.5) is 0 Å². The second-order valence-electron chi connectivity index (χ2n) is 2.52. The van der Waals surface area contributed by atoms with Gasteiger partial charge in [-0.05, 0) is 6.92 Å². The average Bonchev–Trinajstić information content (AvgIpc) is 2.21. The Morgan fingerprint density at radius 1 is 1.54 bits per heavy atom. The lowest BCUT2D eigenvalue weighted by Crippen LogP contribution is -2.27. The summed E-state index contributed by atoms with van der Waals surface area (Å²) in [6.45, 7) is 1.80. The molecule has 1 aromatic heterocycles. The Hall–Kier alpha value is -1.44. The monoisotopic (exact) mass is 176 g/mol. The molecule has 0 aliphatic heterocycles. The second-order valence-corrected chi connectivity index (χ2v) is 2.52. The summed E-state index contributed by atoms with van der Waals surface area (Å²) in [6, 6.07) is 0.00801. The van der Waals surface area contributed by atoms with E-state index in [9.17, 15) is 0 Å². The van der Waals surface area contributed by atoms with Crippen molar-refractivity contribution in [1.29, 1.82) is 0 Å². The van der Waals surface area contributed by atoms with Crippen LogP contribution in [0.5, 0.6) is 0 Å². The Morgan fingerprint density at radius 3 is 2.77 bits per heavy atom. The second kappa shape index (κ2) is 5.25. The van der Waals surface area contributed by atoms with Crippen molar-refractivity contribution in [3.8, 4) is 11.8 Å². The fourth-order valence-electron chi connectivity index (χ4n) is 0.968. The molecule has 68 valence electrons. The molecule has 0 aliphatic carbocycles. The highest BCUT2D eigenvalue weighted by molar-refractivity contribution is 5.12. The molecule has 1 heterocycles. The van der Waals surface area contributed by atoms with Gasteiger partial charge in [0, 0.05) is 24.4 Å². The molecule has 1 rings (SSSR count). The Morgan fingerprint density at radius 2 is 2.23 bits per heavy atom. The zero-order valence-electron chi connectivity index (χ0n) is 7.49. The summed E-state index contributed by atoms with van der Waals surface area (Å²) in [7, 11) is 0. The molecule has 0 fully saturated rings. The lowest BCUT2D eigenvalue weighted by molar-refractivity contribution is 0.564. The molecule has 1 unspecified atom stereocenters. The lowest BCUT2D eigenvalue weighted by Gasteiger charge is -2.11. The Kier molecular flexibility index (Phi) is 3.89. The van der Waals surface area contributed by atoms with Crippen LogP contribution in [0, 0.1) is 11.8 Å². The van der Waals surface area contributed by atoms with Crippen molar-refractivity contribution < 1.29 is 0 Å². The smallest absolute Gasteiger partial charge is 0.115 e. The molecule has 0 radical (unpaired) electrons. The highest BCUT2D eigenvalue weighted by atomic mass is 15.2. The van der Waals surface area contributed by atoms with E-state index in [1.807, 2.05) is 0 Å². The van der Waals surface area contributed by atoms with E-state index in [1.54, 1.807) is 19.3 Å². The largest absolute Gasteiger partial charge is 0.271 e.